The standard InChI is InChI=1S/C11H14N2O2/c1-15-11(14)10-5-7-3-2-4-9(12)8(7)6-13-10/h2-4,10,13H,5-6,12H2,1H3/t10-/m1/s1. The highest BCUT2D eigenvalue weighted by Crippen LogP contribution is 2.22. The van der Waals surface area contributed by atoms with E-state index in [-0.39, 0.29) is 12.0 Å². The summed E-state index contributed by atoms with van der Waals surface area (Å²) in [6.45, 7) is 0.627. The smallest absolute Gasteiger partial charge is 0.323 e. The Bertz CT molecular complexity index is 390. The van der Waals surface area contributed by atoms with Gasteiger partial charge in [0.15, 0.2) is 0 Å². The molecule has 0 aliphatic carbocycles. The number of carbonyl (C=O) groups excluding carboxylic acids is 1. The average Bonchev–Trinajstić information content (AvgIpc) is 2.28. The molecule has 0 aromatic heterocycles. The Kier molecular flexibility index (Phi) is 2.60. The Morgan fingerprint density at radius 3 is 3.13 bits per heavy atom. The first-order chi connectivity index (χ1) is 7.22. The maximum absolute atomic E-state index is 11.3. The molecule has 1 aromatic carbocycles. The van der Waals surface area contributed by atoms with Crippen molar-refractivity contribution in [3.63, 3.8) is 0 Å². The predicted molar refractivity (Wildman–Crippen MR) is 57.2 cm³/mol. The number of nitrogen functional groups attached to an aromatic ring is 1. The molecule has 0 unspecified atom stereocenters. The van der Waals surface area contributed by atoms with Crippen LogP contribution in [0.15, 0.2) is 18.2 Å². The molecular weight excluding hydrogens is 192 g/mol. The van der Waals surface area contributed by atoms with Crippen LogP contribution in [0.5, 0.6) is 0 Å². The molecule has 1 heterocycles. The summed E-state index contributed by atoms with van der Waals surface area (Å²) in [4.78, 5) is 11.3. The lowest BCUT2D eigenvalue weighted by Gasteiger charge is -2.25. The summed E-state index contributed by atoms with van der Waals surface area (Å²) in [6.07, 6.45) is 0.646. The molecule has 80 valence electrons. The van der Waals surface area contributed by atoms with Crippen LogP contribution in [0.3, 0.4) is 0 Å². The minimum absolute atomic E-state index is 0.219. The van der Waals surface area contributed by atoms with Gasteiger partial charge in [-0.3, -0.25) is 10.1 Å². The van der Waals surface area contributed by atoms with E-state index < -0.39 is 0 Å². The second kappa shape index (κ2) is 3.90. The van der Waals surface area contributed by atoms with E-state index >= 15 is 0 Å². The Morgan fingerprint density at radius 2 is 2.40 bits per heavy atom. The van der Waals surface area contributed by atoms with Gasteiger partial charge in [-0.2, -0.15) is 0 Å². The fraction of sp³-hybridized carbons (Fsp3) is 0.364. The molecule has 4 heteroatoms. The fourth-order valence-electron chi connectivity index (χ4n) is 1.89. The topological polar surface area (TPSA) is 64.3 Å². The number of carbonyl (C=O) groups is 1. The van der Waals surface area contributed by atoms with Gasteiger partial charge in [0, 0.05) is 12.2 Å². The average molecular weight is 206 g/mol. The molecular formula is C11H14N2O2. The first-order valence-electron chi connectivity index (χ1n) is 4.90. The van der Waals surface area contributed by atoms with Gasteiger partial charge >= 0.3 is 5.97 Å². The number of nitrogens with one attached hydrogen (secondary N) is 1. The zero-order valence-electron chi connectivity index (χ0n) is 8.62. The van der Waals surface area contributed by atoms with E-state index in [9.17, 15) is 4.79 Å². The monoisotopic (exact) mass is 206 g/mol. The first kappa shape index (κ1) is 9.98. The minimum atomic E-state index is -0.246. The predicted octanol–water partition coefficient (Wildman–Crippen LogP) is 0.456. The second-order valence-electron chi connectivity index (χ2n) is 3.65. The quantitative estimate of drug-likeness (QED) is 0.517. The molecule has 0 bridgehead atoms. The number of rotatable bonds is 1. The van der Waals surface area contributed by atoms with Crippen LogP contribution in [0, 0.1) is 0 Å². The molecule has 3 N–H and O–H groups in total. The Morgan fingerprint density at radius 1 is 1.60 bits per heavy atom. The van der Waals surface area contributed by atoms with Crippen LogP contribution < -0.4 is 11.1 Å². The summed E-state index contributed by atoms with van der Waals surface area (Å²) < 4.78 is 4.70. The molecule has 0 amide bonds. The van der Waals surface area contributed by atoms with Crippen molar-refractivity contribution in [2.24, 2.45) is 0 Å². The number of benzene rings is 1. The van der Waals surface area contributed by atoms with Crippen LogP contribution in [0.25, 0.3) is 0 Å². The lowest BCUT2D eigenvalue weighted by molar-refractivity contribution is -0.143. The Labute approximate surface area is 88.4 Å². The van der Waals surface area contributed by atoms with Gasteiger partial charge < -0.3 is 10.5 Å². The zero-order valence-corrected chi connectivity index (χ0v) is 8.62. The molecule has 4 nitrogen and oxygen atoms in total. The van der Waals surface area contributed by atoms with E-state index in [0.29, 0.717) is 13.0 Å². The molecule has 15 heavy (non-hydrogen) atoms. The third-order valence-corrected chi connectivity index (χ3v) is 2.74. The van der Waals surface area contributed by atoms with E-state index in [2.05, 4.69) is 5.32 Å². The molecule has 1 aromatic rings. The van der Waals surface area contributed by atoms with Gasteiger partial charge in [-0.1, -0.05) is 12.1 Å². The summed E-state index contributed by atoms with van der Waals surface area (Å²) in [6, 6.07) is 5.54. The maximum Gasteiger partial charge on any atom is 0.323 e. The highest BCUT2D eigenvalue weighted by atomic mass is 16.5. The molecule has 0 radical (unpaired) electrons. The van der Waals surface area contributed by atoms with Crippen molar-refractivity contribution in [2.75, 3.05) is 12.8 Å². The Hall–Kier alpha value is -1.55. The van der Waals surface area contributed by atoms with Crippen LogP contribution in [0.1, 0.15) is 11.1 Å². The SMILES string of the molecule is COC(=O)[C@H]1Cc2cccc(N)c2CN1. The Balaban J connectivity index is 2.24. The third kappa shape index (κ3) is 1.80. The molecule has 1 atom stereocenters. The normalized spacial score (nSPS) is 19.4. The van der Waals surface area contributed by atoms with Gasteiger partial charge in [-0.25, -0.2) is 0 Å². The van der Waals surface area contributed by atoms with E-state index in [1.54, 1.807) is 0 Å². The summed E-state index contributed by atoms with van der Waals surface area (Å²) in [7, 11) is 1.40. The third-order valence-electron chi connectivity index (χ3n) is 2.74. The van der Waals surface area contributed by atoms with Crippen molar-refractivity contribution < 1.29 is 9.53 Å². The molecule has 0 saturated carbocycles. The lowest BCUT2D eigenvalue weighted by atomic mass is 9.95. The van der Waals surface area contributed by atoms with Crippen LogP contribution in [0.2, 0.25) is 0 Å². The summed E-state index contributed by atoms with van der Waals surface area (Å²) in [5.41, 5.74) is 8.84. The molecule has 1 aliphatic rings. The number of ether oxygens (including phenoxy) is 1. The van der Waals surface area contributed by atoms with E-state index in [0.717, 1.165) is 16.8 Å². The maximum atomic E-state index is 11.3. The van der Waals surface area contributed by atoms with Crippen LogP contribution in [-0.2, 0) is 22.5 Å². The highest BCUT2D eigenvalue weighted by Gasteiger charge is 2.25. The summed E-state index contributed by atoms with van der Waals surface area (Å²) >= 11 is 0. The van der Waals surface area contributed by atoms with Crippen molar-refractivity contribution in [3.05, 3.63) is 29.3 Å². The van der Waals surface area contributed by atoms with Gasteiger partial charge in [-0.05, 0) is 23.6 Å². The van der Waals surface area contributed by atoms with Crippen molar-refractivity contribution in [1.82, 2.24) is 5.32 Å². The van der Waals surface area contributed by atoms with Crippen molar-refractivity contribution >= 4 is 11.7 Å². The molecule has 0 saturated heterocycles. The van der Waals surface area contributed by atoms with Crippen molar-refractivity contribution in [3.8, 4) is 0 Å². The van der Waals surface area contributed by atoms with Crippen LogP contribution in [-0.4, -0.2) is 19.1 Å². The van der Waals surface area contributed by atoms with Crippen molar-refractivity contribution in [1.29, 1.82) is 0 Å². The number of fused-ring (bicyclic) bond motifs is 1. The van der Waals surface area contributed by atoms with Crippen LogP contribution >= 0.6 is 0 Å². The van der Waals surface area contributed by atoms with Crippen molar-refractivity contribution in [2.45, 2.75) is 19.0 Å². The molecule has 0 fully saturated rings. The summed E-state index contributed by atoms with van der Waals surface area (Å²) in [5.74, 6) is -0.219. The fourth-order valence-corrected chi connectivity index (χ4v) is 1.89. The number of esters is 1. The number of methoxy groups -OCH3 is 1. The zero-order chi connectivity index (χ0) is 10.8. The van der Waals surface area contributed by atoms with E-state index in [1.165, 1.54) is 7.11 Å². The van der Waals surface area contributed by atoms with E-state index in [1.807, 2.05) is 18.2 Å². The lowest BCUT2D eigenvalue weighted by Crippen LogP contribution is -2.42. The van der Waals surface area contributed by atoms with Gasteiger partial charge in [0.25, 0.3) is 0 Å². The molecule has 0 spiro atoms. The van der Waals surface area contributed by atoms with Gasteiger partial charge in [0.1, 0.15) is 6.04 Å². The number of anilines is 1. The summed E-state index contributed by atoms with van der Waals surface area (Å²) in [5, 5.41) is 3.11. The van der Waals surface area contributed by atoms with Gasteiger partial charge in [0.05, 0.1) is 7.11 Å². The minimum Gasteiger partial charge on any atom is -0.468 e. The largest absolute Gasteiger partial charge is 0.468 e. The second-order valence-corrected chi connectivity index (χ2v) is 3.65. The highest BCUT2D eigenvalue weighted by molar-refractivity contribution is 5.76. The molecule has 1 aliphatic heterocycles. The molecule has 2 rings (SSSR count). The van der Waals surface area contributed by atoms with Gasteiger partial charge in [0.2, 0.25) is 0 Å². The number of hydrogen-bond acceptors (Lipinski definition) is 4. The number of nitrogens with two attached hydrogens (primary N) is 1. The van der Waals surface area contributed by atoms with E-state index in [4.69, 9.17) is 10.5 Å². The van der Waals surface area contributed by atoms with Crippen LogP contribution in [0.4, 0.5) is 5.69 Å². The van der Waals surface area contributed by atoms with Gasteiger partial charge in [-0.15, -0.1) is 0 Å². The number of hydrogen-bond donors (Lipinski definition) is 2. The first-order valence-corrected chi connectivity index (χ1v) is 4.90.